The fourth-order valence-electron chi connectivity index (χ4n) is 2.84. The summed E-state index contributed by atoms with van der Waals surface area (Å²) >= 11 is 0. The van der Waals surface area contributed by atoms with E-state index in [1.807, 2.05) is 12.1 Å². The van der Waals surface area contributed by atoms with E-state index in [1.165, 1.54) is 12.5 Å². The Kier molecular flexibility index (Phi) is 4.62. The molecule has 6 nitrogen and oxygen atoms in total. The van der Waals surface area contributed by atoms with Gasteiger partial charge in [0, 0.05) is 38.1 Å². The van der Waals surface area contributed by atoms with Gasteiger partial charge < -0.3 is 14.2 Å². The molecule has 1 saturated heterocycles. The van der Waals surface area contributed by atoms with E-state index in [0.717, 1.165) is 18.7 Å². The van der Waals surface area contributed by atoms with Crippen molar-refractivity contribution in [1.82, 2.24) is 4.90 Å². The van der Waals surface area contributed by atoms with Crippen LogP contribution in [0.5, 0.6) is 0 Å². The molecule has 0 aliphatic carbocycles. The van der Waals surface area contributed by atoms with Crippen LogP contribution in [0, 0.1) is 0 Å². The number of nitrogens with zero attached hydrogens (tertiary/aromatic N) is 2. The first kappa shape index (κ1) is 16.6. The highest BCUT2D eigenvalue weighted by molar-refractivity contribution is 7.90. The molecule has 0 spiro atoms. The molecule has 128 valence electrons. The van der Waals surface area contributed by atoms with Crippen molar-refractivity contribution >= 4 is 21.4 Å². The van der Waals surface area contributed by atoms with Crippen LogP contribution in [0.4, 0.5) is 5.69 Å². The Morgan fingerprint density at radius 1 is 1.04 bits per heavy atom. The molecule has 1 fully saturated rings. The molecule has 24 heavy (non-hydrogen) atoms. The summed E-state index contributed by atoms with van der Waals surface area (Å²) in [5, 5.41) is 0. The number of hydrogen-bond donors (Lipinski definition) is 0. The Hall–Kier alpha value is -2.28. The van der Waals surface area contributed by atoms with E-state index in [1.54, 1.807) is 29.2 Å². The lowest BCUT2D eigenvalue weighted by Crippen LogP contribution is -2.35. The number of anilines is 1. The zero-order valence-electron chi connectivity index (χ0n) is 13.5. The fraction of sp³-hybridized carbons (Fsp3) is 0.353. The van der Waals surface area contributed by atoms with Crippen molar-refractivity contribution in [3.8, 4) is 0 Å². The quantitative estimate of drug-likeness (QED) is 0.849. The molecule has 1 aromatic heterocycles. The number of benzene rings is 1. The summed E-state index contributed by atoms with van der Waals surface area (Å²) in [5.74, 6) is 0.273. The van der Waals surface area contributed by atoms with Crippen LogP contribution in [-0.2, 0) is 9.84 Å². The van der Waals surface area contributed by atoms with Crippen LogP contribution in [0.15, 0.2) is 52.0 Å². The van der Waals surface area contributed by atoms with Crippen molar-refractivity contribution in [3.05, 3.63) is 48.4 Å². The molecule has 2 heterocycles. The van der Waals surface area contributed by atoms with E-state index in [4.69, 9.17) is 4.42 Å². The lowest BCUT2D eigenvalue weighted by atomic mass is 10.2. The van der Waals surface area contributed by atoms with Crippen molar-refractivity contribution in [1.29, 1.82) is 0 Å². The van der Waals surface area contributed by atoms with Crippen LogP contribution >= 0.6 is 0 Å². The first-order valence-electron chi connectivity index (χ1n) is 7.83. The van der Waals surface area contributed by atoms with Crippen LogP contribution in [0.1, 0.15) is 17.0 Å². The molecule has 0 unspecified atom stereocenters. The van der Waals surface area contributed by atoms with Crippen LogP contribution in [0.2, 0.25) is 0 Å². The molecule has 0 radical (unpaired) electrons. The number of carbonyl (C=O) groups is 1. The summed E-state index contributed by atoms with van der Waals surface area (Å²) in [6, 6.07) is 10.3. The number of carbonyl (C=O) groups excluding carboxylic acids is 1. The molecule has 1 aliphatic heterocycles. The molecule has 0 atom stereocenters. The molecule has 0 N–H and O–H groups in total. The molecular weight excluding hydrogens is 328 g/mol. The van der Waals surface area contributed by atoms with Crippen molar-refractivity contribution in [3.63, 3.8) is 0 Å². The maximum atomic E-state index is 12.4. The highest BCUT2D eigenvalue weighted by Gasteiger charge is 2.22. The number of rotatable bonds is 3. The minimum absolute atomic E-state index is 0.0886. The lowest BCUT2D eigenvalue weighted by molar-refractivity contribution is 0.0735. The Balaban J connectivity index is 1.68. The smallest absolute Gasteiger partial charge is 0.289 e. The predicted octanol–water partition coefficient (Wildman–Crippen LogP) is 2.04. The van der Waals surface area contributed by atoms with E-state index < -0.39 is 9.84 Å². The molecule has 0 bridgehead atoms. The van der Waals surface area contributed by atoms with Gasteiger partial charge in [0.2, 0.25) is 0 Å². The number of sulfone groups is 1. The minimum atomic E-state index is -3.18. The van der Waals surface area contributed by atoms with Gasteiger partial charge in [-0.3, -0.25) is 4.79 Å². The monoisotopic (exact) mass is 348 g/mol. The molecule has 1 aliphatic rings. The van der Waals surface area contributed by atoms with E-state index in [9.17, 15) is 13.2 Å². The second-order valence-electron chi connectivity index (χ2n) is 5.88. The van der Waals surface area contributed by atoms with Gasteiger partial charge in [0.1, 0.15) is 0 Å². The largest absolute Gasteiger partial charge is 0.459 e. The van der Waals surface area contributed by atoms with Crippen molar-refractivity contribution in [2.24, 2.45) is 0 Å². The molecule has 0 saturated carbocycles. The Labute approximate surface area is 141 Å². The average Bonchev–Trinajstić information content (AvgIpc) is 2.98. The van der Waals surface area contributed by atoms with Gasteiger partial charge in [-0.05, 0) is 42.8 Å². The Morgan fingerprint density at radius 2 is 1.79 bits per heavy atom. The van der Waals surface area contributed by atoms with Crippen LogP contribution < -0.4 is 4.90 Å². The van der Waals surface area contributed by atoms with Gasteiger partial charge in [-0.2, -0.15) is 0 Å². The van der Waals surface area contributed by atoms with Crippen LogP contribution in [0.25, 0.3) is 0 Å². The first-order chi connectivity index (χ1) is 11.4. The minimum Gasteiger partial charge on any atom is -0.459 e. The predicted molar refractivity (Wildman–Crippen MR) is 91.0 cm³/mol. The lowest BCUT2D eigenvalue weighted by Gasteiger charge is -2.23. The molecule has 7 heteroatoms. The molecule has 2 aromatic rings. The summed E-state index contributed by atoms with van der Waals surface area (Å²) in [6.45, 7) is 2.80. The topological polar surface area (TPSA) is 70.8 Å². The third-order valence-corrected chi connectivity index (χ3v) is 5.27. The van der Waals surface area contributed by atoms with Gasteiger partial charge in [0.25, 0.3) is 5.91 Å². The van der Waals surface area contributed by atoms with Gasteiger partial charge in [0.15, 0.2) is 15.6 Å². The van der Waals surface area contributed by atoms with E-state index in [0.29, 0.717) is 30.3 Å². The number of hydrogen-bond acceptors (Lipinski definition) is 5. The van der Waals surface area contributed by atoms with E-state index in [-0.39, 0.29) is 5.91 Å². The second kappa shape index (κ2) is 6.68. The van der Waals surface area contributed by atoms with Crippen molar-refractivity contribution < 1.29 is 17.6 Å². The van der Waals surface area contributed by atoms with Crippen molar-refractivity contribution in [2.75, 3.05) is 37.3 Å². The number of amides is 1. The highest BCUT2D eigenvalue weighted by Crippen LogP contribution is 2.20. The van der Waals surface area contributed by atoms with Gasteiger partial charge in [-0.25, -0.2) is 8.42 Å². The summed E-state index contributed by atoms with van der Waals surface area (Å²) < 4.78 is 28.3. The van der Waals surface area contributed by atoms with E-state index in [2.05, 4.69) is 4.90 Å². The zero-order valence-corrected chi connectivity index (χ0v) is 14.3. The van der Waals surface area contributed by atoms with E-state index >= 15 is 0 Å². The van der Waals surface area contributed by atoms with Gasteiger partial charge in [0.05, 0.1) is 11.2 Å². The van der Waals surface area contributed by atoms with Gasteiger partial charge in [-0.15, -0.1) is 0 Å². The van der Waals surface area contributed by atoms with Crippen LogP contribution in [0.3, 0.4) is 0 Å². The van der Waals surface area contributed by atoms with Crippen LogP contribution in [-0.4, -0.2) is 51.7 Å². The van der Waals surface area contributed by atoms with Gasteiger partial charge >= 0.3 is 0 Å². The summed E-state index contributed by atoms with van der Waals surface area (Å²) in [4.78, 5) is 16.6. The SMILES string of the molecule is CS(=O)(=O)c1ccc(N2CCCN(C(=O)c3ccco3)CC2)cc1. The number of furan rings is 1. The normalized spacial score (nSPS) is 16.0. The van der Waals surface area contributed by atoms with Gasteiger partial charge in [-0.1, -0.05) is 0 Å². The summed E-state index contributed by atoms with van der Waals surface area (Å²) in [6.07, 6.45) is 3.55. The second-order valence-corrected chi connectivity index (χ2v) is 7.89. The molecule has 1 amide bonds. The first-order valence-corrected chi connectivity index (χ1v) is 9.72. The molecule has 1 aromatic carbocycles. The summed E-state index contributed by atoms with van der Waals surface area (Å²) in [7, 11) is -3.18. The zero-order chi connectivity index (χ0) is 17.2. The fourth-order valence-corrected chi connectivity index (χ4v) is 3.47. The average molecular weight is 348 g/mol. The van der Waals surface area contributed by atoms with Crippen molar-refractivity contribution in [2.45, 2.75) is 11.3 Å². The third kappa shape index (κ3) is 3.62. The standard InChI is InChI=1S/C17H20N2O4S/c1-24(21,22)15-7-5-14(6-8-15)18-9-3-10-19(12-11-18)17(20)16-4-2-13-23-16/h2,4-8,13H,3,9-12H2,1H3. The molecular formula is C17H20N2O4S. The Morgan fingerprint density at radius 3 is 2.42 bits per heavy atom. The summed E-state index contributed by atoms with van der Waals surface area (Å²) in [5.41, 5.74) is 0.967. The maximum Gasteiger partial charge on any atom is 0.289 e. The highest BCUT2D eigenvalue weighted by atomic mass is 32.2. The molecule has 3 rings (SSSR count). The Bertz CT molecular complexity index is 798. The maximum absolute atomic E-state index is 12.4. The third-order valence-electron chi connectivity index (χ3n) is 4.15.